The molecule has 4 aromatic rings. The lowest BCUT2D eigenvalue weighted by atomic mass is 9.97. The van der Waals surface area contributed by atoms with Gasteiger partial charge in [-0.25, -0.2) is 9.55 Å². The maximum atomic E-state index is 13.4. The molecule has 3 aromatic heterocycles. The molecule has 33 heavy (non-hydrogen) atoms. The van der Waals surface area contributed by atoms with Gasteiger partial charge in [0, 0.05) is 13.1 Å². The first-order chi connectivity index (χ1) is 16.0. The van der Waals surface area contributed by atoms with Crippen LogP contribution >= 0.6 is 11.3 Å². The molecule has 4 heterocycles. The van der Waals surface area contributed by atoms with Crippen molar-refractivity contribution in [2.45, 2.75) is 33.2 Å². The summed E-state index contributed by atoms with van der Waals surface area (Å²) in [4.78, 5) is 33.3. The smallest absolute Gasteiger partial charge is 0.277 e. The number of hydrogen-bond acceptors (Lipinski definition) is 6. The van der Waals surface area contributed by atoms with Crippen LogP contribution in [0.5, 0.6) is 0 Å². The molecular formula is C25H26N4O3S. The number of aryl methyl sites for hydroxylation is 2. The molecule has 8 heteroatoms. The number of fused-ring (bicyclic) bond motifs is 1. The third-order valence-electron chi connectivity index (χ3n) is 6.06. The van der Waals surface area contributed by atoms with Crippen LogP contribution in [0, 0.1) is 19.8 Å². The first-order valence-corrected chi connectivity index (χ1v) is 12.0. The number of carbonyl (C=O) groups excluding carboxylic acids is 1. The molecular weight excluding hydrogens is 436 g/mol. The quantitative estimate of drug-likeness (QED) is 0.481. The monoisotopic (exact) mass is 462 g/mol. The minimum Gasteiger partial charge on any atom is -0.465 e. The number of nitrogens with zero attached hydrogens (tertiary/aromatic N) is 3. The summed E-state index contributed by atoms with van der Waals surface area (Å²) in [6, 6.07) is 13.5. The Morgan fingerprint density at radius 2 is 2.00 bits per heavy atom. The third kappa shape index (κ3) is 4.30. The molecule has 0 unspecified atom stereocenters. The van der Waals surface area contributed by atoms with Gasteiger partial charge in [-0.05, 0) is 62.4 Å². The fraction of sp³-hybridized carbons (Fsp3) is 0.320. The van der Waals surface area contributed by atoms with Crippen molar-refractivity contribution in [2.24, 2.45) is 5.92 Å². The van der Waals surface area contributed by atoms with E-state index in [1.165, 1.54) is 11.3 Å². The summed E-state index contributed by atoms with van der Waals surface area (Å²) in [7, 11) is 0. The lowest BCUT2D eigenvalue weighted by Gasteiger charge is -2.34. The predicted octanol–water partition coefficient (Wildman–Crippen LogP) is 4.19. The molecule has 1 amide bonds. The fourth-order valence-corrected chi connectivity index (χ4v) is 5.07. The topological polar surface area (TPSA) is 80.4 Å². The van der Waals surface area contributed by atoms with E-state index < -0.39 is 0 Å². The van der Waals surface area contributed by atoms with Gasteiger partial charge in [0.15, 0.2) is 0 Å². The summed E-state index contributed by atoms with van der Waals surface area (Å²) in [6.07, 6.45) is 1.65. The second-order valence-electron chi connectivity index (χ2n) is 8.54. The van der Waals surface area contributed by atoms with Crippen molar-refractivity contribution in [3.63, 3.8) is 0 Å². The highest BCUT2D eigenvalue weighted by Gasteiger charge is 2.29. The van der Waals surface area contributed by atoms with Crippen molar-refractivity contribution in [1.82, 2.24) is 14.9 Å². The van der Waals surface area contributed by atoms with E-state index in [0.29, 0.717) is 29.3 Å². The Labute approximate surface area is 195 Å². The number of thiophene rings is 1. The van der Waals surface area contributed by atoms with Crippen LogP contribution in [-0.4, -0.2) is 28.5 Å². The van der Waals surface area contributed by atoms with E-state index in [9.17, 15) is 9.59 Å². The zero-order valence-corrected chi connectivity index (χ0v) is 19.5. The molecule has 1 fully saturated rings. The van der Waals surface area contributed by atoms with Gasteiger partial charge in [-0.3, -0.25) is 9.59 Å². The Kier molecular flexibility index (Phi) is 5.76. The van der Waals surface area contributed by atoms with Crippen LogP contribution in [0.25, 0.3) is 15.9 Å². The number of piperidine rings is 1. The minimum absolute atomic E-state index is 0.00500. The summed E-state index contributed by atoms with van der Waals surface area (Å²) in [5.41, 5.74) is 2.53. The van der Waals surface area contributed by atoms with Gasteiger partial charge in [0.05, 0.1) is 23.7 Å². The Balaban J connectivity index is 1.44. The second kappa shape index (κ2) is 8.86. The molecule has 1 aromatic carbocycles. The van der Waals surface area contributed by atoms with Crippen LogP contribution < -0.4 is 15.8 Å². The molecule has 1 N–H and O–H groups in total. The lowest BCUT2D eigenvalue weighted by Crippen LogP contribution is -2.45. The number of furan rings is 1. The van der Waals surface area contributed by atoms with Gasteiger partial charge in [0.2, 0.25) is 11.9 Å². The van der Waals surface area contributed by atoms with Gasteiger partial charge in [-0.1, -0.05) is 17.7 Å². The summed E-state index contributed by atoms with van der Waals surface area (Å²) in [5, 5.41) is 4.89. The molecule has 7 nitrogen and oxygen atoms in total. The molecule has 1 saturated heterocycles. The number of benzene rings is 1. The van der Waals surface area contributed by atoms with Crippen molar-refractivity contribution < 1.29 is 9.21 Å². The maximum absolute atomic E-state index is 13.4. The van der Waals surface area contributed by atoms with E-state index >= 15 is 0 Å². The Morgan fingerprint density at radius 3 is 2.76 bits per heavy atom. The van der Waals surface area contributed by atoms with Gasteiger partial charge in [-0.15, -0.1) is 11.3 Å². The highest BCUT2D eigenvalue weighted by atomic mass is 32.1. The van der Waals surface area contributed by atoms with Crippen molar-refractivity contribution >= 4 is 33.4 Å². The van der Waals surface area contributed by atoms with Gasteiger partial charge in [-0.2, -0.15) is 0 Å². The van der Waals surface area contributed by atoms with Crippen molar-refractivity contribution in [1.29, 1.82) is 0 Å². The fourth-order valence-electron chi connectivity index (χ4n) is 4.31. The maximum Gasteiger partial charge on any atom is 0.277 e. The van der Waals surface area contributed by atoms with Crippen LogP contribution in [0.15, 0.2) is 57.1 Å². The second-order valence-corrected chi connectivity index (χ2v) is 9.45. The standard InChI is InChI=1S/C25H26N4O3S/c1-16-5-8-19(9-6-16)29-24(31)22-21(11-13-33-22)27-25(29)28-12-3-4-18(15-28)23(30)26-14-20-10-7-17(2)32-20/h5-11,13,18H,3-4,12,14-15H2,1-2H3,(H,26,30)/t18-/m1/s1. The number of nitrogens with one attached hydrogen (secondary N) is 1. The average molecular weight is 463 g/mol. The largest absolute Gasteiger partial charge is 0.465 e. The lowest BCUT2D eigenvalue weighted by molar-refractivity contribution is -0.125. The van der Waals surface area contributed by atoms with Gasteiger partial charge in [0.1, 0.15) is 16.2 Å². The van der Waals surface area contributed by atoms with Crippen molar-refractivity contribution in [2.75, 3.05) is 18.0 Å². The van der Waals surface area contributed by atoms with Crippen molar-refractivity contribution in [3.05, 3.63) is 75.3 Å². The molecule has 0 spiro atoms. The number of rotatable bonds is 5. The molecule has 0 aliphatic carbocycles. The Bertz CT molecular complexity index is 1350. The Hall–Kier alpha value is -3.39. The number of aromatic nitrogens is 2. The first kappa shape index (κ1) is 21.5. The summed E-state index contributed by atoms with van der Waals surface area (Å²) < 4.78 is 7.88. The summed E-state index contributed by atoms with van der Waals surface area (Å²) in [6.45, 7) is 5.53. The molecule has 5 rings (SSSR count). The van der Waals surface area contributed by atoms with Gasteiger partial charge >= 0.3 is 0 Å². The van der Waals surface area contributed by atoms with Crippen LogP contribution in [-0.2, 0) is 11.3 Å². The van der Waals surface area contributed by atoms with Gasteiger partial charge < -0.3 is 14.6 Å². The number of anilines is 1. The molecule has 0 bridgehead atoms. The molecule has 0 radical (unpaired) electrons. The van der Waals surface area contributed by atoms with Crippen LogP contribution in [0.3, 0.4) is 0 Å². The zero-order valence-electron chi connectivity index (χ0n) is 18.7. The number of hydrogen-bond donors (Lipinski definition) is 1. The molecule has 0 saturated carbocycles. The van der Waals surface area contributed by atoms with E-state index in [0.717, 1.165) is 42.2 Å². The third-order valence-corrected chi connectivity index (χ3v) is 6.95. The molecule has 1 aliphatic rings. The normalized spacial score (nSPS) is 16.3. The minimum atomic E-state index is -0.184. The number of amides is 1. The van der Waals surface area contributed by atoms with Crippen LogP contribution in [0.4, 0.5) is 5.95 Å². The molecule has 170 valence electrons. The Morgan fingerprint density at radius 1 is 1.18 bits per heavy atom. The zero-order chi connectivity index (χ0) is 22.9. The van der Waals surface area contributed by atoms with Crippen molar-refractivity contribution in [3.8, 4) is 5.69 Å². The van der Waals surface area contributed by atoms with Gasteiger partial charge in [0.25, 0.3) is 5.56 Å². The van der Waals surface area contributed by atoms with E-state index in [1.807, 2.05) is 61.7 Å². The molecule has 1 atom stereocenters. The number of carbonyl (C=O) groups is 1. The van der Waals surface area contributed by atoms with E-state index in [1.54, 1.807) is 4.57 Å². The summed E-state index contributed by atoms with van der Waals surface area (Å²) in [5.74, 6) is 1.97. The highest BCUT2D eigenvalue weighted by molar-refractivity contribution is 7.17. The average Bonchev–Trinajstić information content (AvgIpc) is 3.47. The van der Waals surface area contributed by atoms with E-state index in [4.69, 9.17) is 9.40 Å². The van der Waals surface area contributed by atoms with E-state index in [2.05, 4.69) is 10.2 Å². The van der Waals surface area contributed by atoms with Crippen LogP contribution in [0.1, 0.15) is 29.9 Å². The van der Waals surface area contributed by atoms with Crippen LogP contribution in [0.2, 0.25) is 0 Å². The summed E-state index contributed by atoms with van der Waals surface area (Å²) >= 11 is 1.41. The first-order valence-electron chi connectivity index (χ1n) is 11.1. The predicted molar refractivity (Wildman–Crippen MR) is 130 cm³/mol. The SMILES string of the molecule is Cc1ccc(-n2c(N3CCC[C@@H](C(=O)NCc4ccc(C)o4)C3)nc3ccsc3c2=O)cc1. The highest BCUT2D eigenvalue weighted by Crippen LogP contribution is 2.27. The van der Waals surface area contributed by atoms with E-state index in [-0.39, 0.29) is 17.4 Å². The molecule has 1 aliphatic heterocycles.